The van der Waals surface area contributed by atoms with E-state index in [1.807, 2.05) is 42.5 Å². The SMILES string of the molecule is COc1ccc(-c2cc(C(=O)NCc3ccccn3)n(C)n2)cc1. The van der Waals surface area contributed by atoms with Crippen molar-refractivity contribution >= 4 is 5.91 Å². The second-order valence-electron chi connectivity index (χ2n) is 5.27. The molecule has 0 unspecified atom stereocenters. The fourth-order valence-corrected chi connectivity index (χ4v) is 2.35. The van der Waals surface area contributed by atoms with Gasteiger partial charge in [-0.3, -0.25) is 14.5 Å². The number of benzene rings is 1. The topological polar surface area (TPSA) is 69.0 Å². The van der Waals surface area contributed by atoms with E-state index in [2.05, 4.69) is 15.4 Å². The molecule has 0 radical (unpaired) electrons. The van der Waals surface area contributed by atoms with Gasteiger partial charge in [0.25, 0.3) is 5.91 Å². The monoisotopic (exact) mass is 322 g/mol. The molecular formula is C18H18N4O2. The van der Waals surface area contributed by atoms with Gasteiger partial charge in [0.05, 0.1) is 25.0 Å². The number of aromatic nitrogens is 3. The van der Waals surface area contributed by atoms with Crippen LogP contribution in [0.2, 0.25) is 0 Å². The lowest BCUT2D eigenvalue weighted by molar-refractivity contribution is 0.0941. The Kier molecular flexibility index (Phi) is 4.56. The number of carbonyl (C=O) groups is 1. The predicted octanol–water partition coefficient (Wildman–Crippen LogP) is 2.42. The van der Waals surface area contributed by atoms with Gasteiger partial charge in [0, 0.05) is 18.8 Å². The van der Waals surface area contributed by atoms with Crippen LogP contribution in [0.25, 0.3) is 11.3 Å². The maximum atomic E-state index is 12.4. The van der Waals surface area contributed by atoms with E-state index < -0.39 is 0 Å². The molecule has 122 valence electrons. The number of methoxy groups -OCH3 is 1. The third-order valence-electron chi connectivity index (χ3n) is 3.65. The summed E-state index contributed by atoms with van der Waals surface area (Å²) in [4.78, 5) is 16.6. The lowest BCUT2D eigenvalue weighted by Gasteiger charge is -2.04. The Hall–Kier alpha value is -3.15. The Morgan fingerprint density at radius 3 is 2.67 bits per heavy atom. The van der Waals surface area contributed by atoms with Crippen molar-refractivity contribution in [1.29, 1.82) is 0 Å². The van der Waals surface area contributed by atoms with Crippen LogP contribution in [0, 0.1) is 0 Å². The van der Waals surface area contributed by atoms with Crippen LogP contribution in [0.5, 0.6) is 5.75 Å². The van der Waals surface area contributed by atoms with E-state index in [4.69, 9.17) is 4.74 Å². The number of carbonyl (C=O) groups excluding carboxylic acids is 1. The summed E-state index contributed by atoms with van der Waals surface area (Å²) in [6.07, 6.45) is 1.70. The lowest BCUT2D eigenvalue weighted by Crippen LogP contribution is -2.25. The quantitative estimate of drug-likeness (QED) is 0.783. The first-order valence-corrected chi connectivity index (χ1v) is 7.54. The van der Waals surface area contributed by atoms with Gasteiger partial charge in [-0.15, -0.1) is 0 Å². The highest BCUT2D eigenvalue weighted by atomic mass is 16.5. The van der Waals surface area contributed by atoms with Crippen molar-refractivity contribution in [3.63, 3.8) is 0 Å². The first-order chi connectivity index (χ1) is 11.7. The van der Waals surface area contributed by atoms with Crippen molar-refractivity contribution in [3.05, 3.63) is 66.1 Å². The van der Waals surface area contributed by atoms with E-state index in [1.165, 1.54) is 0 Å². The van der Waals surface area contributed by atoms with Gasteiger partial charge in [-0.1, -0.05) is 6.07 Å². The van der Waals surface area contributed by atoms with Crippen molar-refractivity contribution in [2.45, 2.75) is 6.54 Å². The number of ether oxygens (including phenoxy) is 1. The summed E-state index contributed by atoms with van der Waals surface area (Å²) in [5.41, 5.74) is 2.97. The Labute approximate surface area is 140 Å². The summed E-state index contributed by atoms with van der Waals surface area (Å²) in [6.45, 7) is 0.378. The molecule has 3 aromatic rings. The largest absolute Gasteiger partial charge is 0.497 e. The molecule has 0 bridgehead atoms. The molecule has 1 amide bonds. The number of hydrogen-bond donors (Lipinski definition) is 1. The van der Waals surface area contributed by atoms with Gasteiger partial charge in [0.1, 0.15) is 11.4 Å². The summed E-state index contributed by atoms with van der Waals surface area (Å²) in [7, 11) is 3.38. The van der Waals surface area contributed by atoms with Gasteiger partial charge in [-0.05, 0) is 42.5 Å². The third-order valence-corrected chi connectivity index (χ3v) is 3.65. The highest BCUT2D eigenvalue weighted by Gasteiger charge is 2.14. The van der Waals surface area contributed by atoms with E-state index in [1.54, 1.807) is 31.1 Å². The van der Waals surface area contributed by atoms with E-state index in [9.17, 15) is 4.79 Å². The number of pyridine rings is 1. The van der Waals surface area contributed by atoms with Crippen LogP contribution in [-0.4, -0.2) is 27.8 Å². The summed E-state index contributed by atoms with van der Waals surface area (Å²) in [5.74, 6) is 0.596. The summed E-state index contributed by atoms with van der Waals surface area (Å²) in [6, 6.07) is 14.9. The van der Waals surface area contributed by atoms with E-state index in [-0.39, 0.29) is 5.91 Å². The molecule has 0 fully saturated rings. The van der Waals surface area contributed by atoms with Crippen LogP contribution >= 0.6 is 0 Å². The predicted molar refractivity (Wildman–Crippen MR) is 90.6 cm³/mol. The molecule has 1 aromatic carbocycles. The van der Waals surface area contributed by atoms with Crippen LogP contribution < -0.4 is 10.1 Å². The Morgan fingerprint density at radius 2 is 2.00 bits per heavy atom. The lowest BCUT2D eigenvalue weighted by atomic mass is 10.1. The Bertz CT molecular complexity index is 826. The standard InChI is InChI=1S/C18H18N4O2/c1-22-17(18(23)20-12-14-5-3-4-10-19-14)11-16(21-22)13-6-8-15(24-2)9-7-13/h3-11H,12H2,1-2H3,(H,20,23). The molecule has 1 N–H and O–H groups in total. The zero-order chi connectivity index (χ0) is 16.9. The van der Waals surface area contributed by atoms with E-state index in [0.717, 1.165) is 22.7 Å². The molecule has 24 heavy (non-hydrogen) atoms. The molecule has 0 aliphatic heterocycles. The number of aryl methyl sites for hydroxylation is 1. The molecule has 2 aromatic heterocycles. The summed E-state index contributed by atoms with van der Waals surface area (Å²) in [5, 5.41) is 7.27. The Balaban J connectivity index is 1.74. The van der Waals surface area contributed by atoms with Crippen molar-refractivity contribution in [2.75, 3.05) is 7.11 Å². The molecule has 0 saturated carbocycles. The van der Waals surface area contributed by atoms with Gasteiger partial charge in [-0.2, -0.15) is 5.10 Å². The van der Waals surface area contributed by atoms with Gasteiger partial charge in [0.15, 0.2) is 0 Å². The van der Waals surface area contributed by atoms with Gasteiger partial charge >= 0.3 is 0 Å². The maximum Gasteiger partial charge on any atom is 0.269 e. The van der Waals surface area contributed by atoms with Crippen molar-refractivity contribution in [2.24, 2.45) is 7.05 Å². The number of nitrogens with zero attached hydrogens (tertiary/aromatic N) is 3. The molecule has 2 heterocycles. The maximum absolute atomic E-state index is 12.4. The molecule has 0 aliphatic rings. The minimum atomic E-state index is -0.185. The van der Waals surface area contributed by atoms with Crippen molar-refractivity contribution in [3.8, 4) is 17.0 Å². The molecule has 0 spiro atoms. The fraction of sp³-hybridized carbons (Fsp3) is 0.167. The molecule has 6 heteroatoms. The van der Waals surface area contributed by atoms with Crippen molar-refractivity contribution < 1.29 is 9.53 Å². The minimum absolute atomic E-state index is 0.185. The van der Waals surface area contributed by atoms with Crippen LogP contribution in [0.15, 0.2) is 54.7 Å². The minimum Gasteiger partial charge on any atom is -0.497 e. The molecule has 0 aliphatic carbocycles. The highest BCUT2D eigenvalue weighted by molar-refractivity contribution is 5.93. The molecular weight excluding hydrogens is 304 g/mol. The van der Waals surface area contributed by atoms with Crippen LogP contribution in [-0.2, 0) is 13.6 Å². The first-order valence-electron chi connectivity index (χ1n) is 7.54. The van der Waals surface area contributed by atoms with Gasteiger partial charge in [-0.25, -0.2) is 0 Å². The van der Waals surface area contributed by atoms with Crippen molar-refractivity contribution in [1.82, 2.24) is 20.1 Å². The summed E-state index contributed by atoms with van der Waals surface area (Å²) < 4.78 is 6.73. The second-order valence-corrected chi connectivity index (χ2v) is 5.27. The molecule has 3 rings (SSSR count). The number of rotatable bonds is 5. The number of amides is 1. The molecule has 0 atom stereocenters. The van der Waals surface area contributed by atoms with E-state index in [0.29, 0.717) is 12.2 Å². The van der Waals surface area contributed by atoms with Crippen LogP contribution in [0.4, 0.5) is 0 Å². The summed E-state index contributed by atoms with van der Waals surface area (Å²) >= 11 is 0. The number of nitrogens with one attached hydrogen (secondary N) is 1. The zero-order valence-electron chi connectivity index (χ0n) is 13.6. The number of hydrogen-bond acceptors (Lipinski definition) is 4. The highest BCUT2D eigenvalue weighted by Crippen LogP contribution is 2.21. The normalized spacial score (nSPS) is 10.4. The van der Waals surface area contributed by atoms with Gasteiger partial charge in [0.2, 0.25) is 0 Å². The molecule has 6 nitrogen and oxygen atoms in total. The fourth-order valence-electron chi connectivity index (χ4n) is 2.35. The van der Waals surface area contributed by atoms with Crippen LogP contribution in [0.1, 0.15) is 16.2 Å². The average molecular weight is 322 g/mol. The van der Waals surface area contributed by atoms with Crippen LogP contribution in [0.3, 0.4) is 0 Å². The smallest absolute Gasteiger partial charge is 0.269 e. The zero-order valence-corrected chi connectivity index (χ0v) is 13.6. The molecule has 0 saturated heterocycles. The second kappa shape index (κ2) is 6.95. The van der Waals surface area contributed by atoms with Gasteiger partial charge < -0.3 is 10.1 Å². The average Bonchev–Trinajstić information content (AvgIpc) is 3.02. The first kappa shape index (κ1) is 15.7. The Morgan fingerprint density at radius 1 is 1.21 bits per heavy atom. The van der Waals surface area contributed by atoms with E-state index >= 15 is 0 Å². The third kappa shape index (κ3) is 3.43.